The minimum absolute atomic E-state index is 0.0516. The van der Waals surface area contributed by atoms with Gasteiger partial charge in [0.1, 0.15) is 5.75 Å². The highest BCUT2D eigenvalue weighted by atomic mass is 32.2. The van der Waals surface area contributed by atoms with Gasteiger partial charge in [-0.3, -0.25) is 4.79 Å². The lowest BCUT2D eigenvalue weighted by Crippen LogP contribution is -2.15. The van der Waals surface area contributed by atoms with Crippen LogP contribution in [0.5, 0.6) is 5.75 Å². The van der Waals surface area contributed by atoms with Crippen molar-refractivity contribution in [3.05, 3.63) is 24.3 Å². The molecule has 0 heterocycles. The van der Waals surface area contributed by atoms with Crippen LogP contribution in [0.1, 0.15) is 0 Å². The van der Waals surface area contributed by atoms with Crippen LogP contribution in [0.4, 0.5) is 0 Å². The van der Waals surface area contributed by atoms with Gasteiger partial charge in [0.2, 0.25) is 0 Å². The molecule has 0 aliphatic rings. The number of carboxylic acids is 1. The molecule has 0 unspecified atom stereocenters. The molecule has 15 heavy (non-hydrogen) atoms. The highest BCUT2D eigenvalue weighted by Crippen LogP contribution is 2.17. The van der Waals surface area contributed by atoms with E-state index < -0.39 is 21.6 Å². The Morgan fingerprint density at radius 2 is 2.13 bits per heavy atom. The molecule has 0 atom stereocenters. The van der Waals surface area contributed by atoms with E-state index in [0.717, 1.165) is 0 Å². The number of ether oxygens (including phenoxy) is 1. The van der Waals surface area contributed by atoms with Crippen LogP contribution in [0, 0.1) is 0 Å². The fraction of sp³-hybridized carbons (Fsp3) is 0.222. The molecule has 5 nitrogen and oxygen atoms in total. The Balaban J connectivity index is 3.10. The van der Waals surface area contributed by atoms with Crippen molar-refractivity contribution in [1.29, 1.82) is 0 Å². The van der Waals surface area contributed by atoms with Gasteiger partial charge in [0, 0.05) is 0 Å². The van der Waals surface area contributed by atoms with E-state index in [4.69, 9.17) is 9.84 Å². The molecule has 0 amide bonds. The van der Waals surface area contributed by atoms with Gasteiger partial charge in [0.05, 0.1) is 12.0 Å². The average molecular weight is 230 g/mol. The molecule has 0 saturated heterocycles. The van der Waals surface area contributed by atoms with Crippen LogP contribution < -0.4 is 4.74 Å². The molecule has 1 aromatic carbocycles. The van der Waals surface area contributed by atoms with Crippen molar-refractivity contribution >= 4 is 15.8 Å². The SMILES string of the molecule is COc1cccc(S(=O)(=O)CC(=O)O)c1. The van der Waals surface area contributed by atoms with E-state index in [1.807, 2.05) is 0 Å². The summed E-state index contributed by atoms with van der Waals surface area (Å²) in [4.78, 5) is 10.3. The molecule has 0 aliphatic heterocycles. The van der Waals surface area contributed by atoms with Crippen molar-refractivity contribution < 1.29 is 23.1 Å². The van der Waals surface area contributed by atoms with Gasteiger partial charge in [0.15, 0.2) is 15.6 Å². The number of hydrogen-bond donors (Lipinski definition) is 1. The first-order valence-electron chi connectivity index (χ1n) is 4.04. The van der Waals surface area contributed by atoms with Crippen molar-refractivity contribution in [2.45, 2.75) is 4.90 Å². The van der Waals surface area contributed by atoms with Crippen LogP contribution in [-0.2, 0) is 14.6 Å². The summed E-state index contributed by atoms with van der Waals surface area (Å²) in [6, 6.07) is 5.70. The monoisotopic (exact) mass is 230 g/mol. The smallest absolute Gasteiger partial charge is 0.319 e. The van der Waals surface area contributed by atoms with Gasteiger partial charge >= 0.3 is 5.97 Å². The number of benzene rings is 1. The summed E-state index contributed by atoms with van der Waals surface area (Å²) >= 11 is 0. The van der Waals surface area contributed by atoms with Crippen molar-refractivity contribution in [1.82, 2.24) is 0 Å². The maximum atomic E-state index is 11.5. The number of rotatable bonds is 4. The van der Waals surface area contributed by atoms with E-state index >= 15 is 0 Å². The highest BCUT2D eigenvalue weighted by Gasteiger charge is 2.18. The van der Waals surface area contributed by atoms with Crippen LogP contribution in [0.15, 0.2) is 29.2 Å². The van der Waals surface area contributed by atoms with Crippen LogP contribution in [-0.4, -0.2) is 32.4 Å². The quantitative estimate of drug-likeness (QED) is 0.817. The Morgan fingerprint density at radius 1 is 1.47 bits per heavy atom. The second-order valence-corrected chi connectivity index (χ2v) is 4.82. The number of methoxy groups -OCH3 is 1. The summed E-state index contributed by atoms with van der Waals surface area (Å²) in [5, 5.41) is 8.43. The zero-order chi connectivity index (χ0) is 11.5. The number of carboxylic acid groups (broad SMARTS) is 1. The third-order valence-corrected chi connectivity index (χ3v) is 3.31. The van der Waals surface area contributed by atoms with E-state index in [0.29, 0.717) is 5.75 Å². The van der Waals surface area contributed by atoms with Gasteiger partial charge in [-0.05, 0) is 18.2 Å². The Morgan fingerprint density at radius 3 is 2.67 bits per heavy atom. The molecule has 0 fully saturated rings. The predicted octanol–water partition coefficient (Wildman–Crippen LogP) is 0.554. The summed E-state index contributed by atoms with van der Waals surface area (Å²) in [6.45, 7) is 0. The normalized spacial score (nSPS) is 11.0. The summed E-state index contributed by atoms with van der Waals surface area (Å²) in [6.07, 6.45) is 0. The first-order chi connectivity index (χ1) is 6.95. The van der Waals surface area contributed by atoms with E-state index in [1.54, 1.807) is 6.07 Å². The van der Waals surface area contributed by atoms with Crippen molar-refractivity contribution in [2.24, 2.45) is 0 Å². The van der Waals surface area contributed by atoms with Crippen LogP contribution in [0.25, 0.3) is 0 Å². The zero-order valence-electron chi connectivity index (χ0n) is 8.00. The number of carbonyl (C=O) groups is 1. The number of aliphatic carboxylic acids is 1. The standard InChI is InChI=1S/C9H10O5S/c1-14-7-3-2-4-8(5-7)15(12,13)6-9(10)11/h2-5H,6H2,1H3,(H,10,11). The third-order valence-electron chi connectivity index (χ3n) is 1.71. The Kier molecular flexibility index (Phi) is 3.31. The molecule has 1 aromatic rings. The Hall–Kier alpha value is -1.56. The molecule has 6 heteroatoms. The van der Waals surface area contributed by atoms with Gasteiger partial charge in [-0.2, -0.15) is 0 Å². The predicted molar refractivity (Wildman–Crippen MR) is 52.7 cm³/mol. The van der Waals surface area contributed by atoms with Crippen LogP contribution in [0.3, 0.4) is 0 Å². The maximum Gasteiger partial charge on any atom is 0.319 e. The fourth-order valence-electron chi connectivity index (χ4n) is 1.04. The van der Waals surface area contributed by atoms with E-state index in [1.165, 1.54) is 25.3 Å². The number of sulfone groups is 1. The zero-order valence-corrected chi connectivity index (χ0v) is 8.82. The van der Waals surface area contributed by atoms with E-state index in [2.05, 4.69) is 0 Å². The largest absolute Gasteiger partial charge is 0.497 e. The van der Waals surface area contributed by atoms with Gasteiger partial charge in [-0.15, -0.1) is 0 Å². The average Bonchev–Trinajstić information content (AvgIpc) is 2.16. The van der Waals surface area contributed by atoms with Crippen molar-refractivity contribution in [2.75, 3.05) is 12.9 Å². The molecular formula is C9H10O5S. The molecule has 0 spiro atoms. The van der Waals surface area contributed by atoms with Crippen LogP contribution in [0.2, 0.25) is 0 Å². The first-order valence-corrected chi connectivity index (χ1v) is 5.69. The first kappa shape index (κ1) is 11.5. The Bertz CT molecular complexity index is 463. The summed E-state index contributed by atoms with van der Waals surface area (Å²) in [7, 11) is -2.37. The summed E-state index contributed by atoms with van der Waals surface area (Å²) in [5.41, 5.74) is 0. The third kappa shape index (κ3) is 2.95. The van der Waals surface area contributed by atoms with E-state index in [9.17, 15) is 13.2 Å². The second kappa shape index (κ2) is 4.31. The molecule has 0 radical (unpaired) electrons. The molecule has 0 saturated carbocycles. The molecular weight excluding hydrogens is 220 g/mol. The minimum atomic E-state index is -3.77. The molecule has 82 valence electrons. The topological polar surface area (TPSA) is 80.7 Å². The minimum Gasteiger partial charge on any atom is -0.497 e. The molecule has 0 aromatic heterocycles. The van der Waals surface area contributed by atoms with Gasteiger partial charge in [-0.25, -0.2) is 8.42 Å². The van der Waals surface area contributed by atoms with Crippen molar-refractivity contribution in [3.8, 4) is 5.75 Å². The Labute approximate surface area is 87.2 Å². The lowest BCUT2D eigenvalue weighted by atomic mass is 10.3. The lowest BCUT2D eigenvalue weighted by molar-refractivity contribution is -0.134. The van der Waals surface area contributed by atoms with Gasteiger partial charge < -0.3 is 9.84 Å². The number of hydrogen-bond acceptors (Lipinski definition) is 4. The summed E-state index contributed by atoms with van der Waals surface area (Å²) in [5.74, 6) is -1.92. The molecule has 1 N–H and O–H groups in total. The van der Waals surface area contributed by atoms with E-state index in [-0.39, 0.29) is 4.90 Å². The maximum absolute atomic E-state index is 11.5. The van der Waals surface area contributed by atoms with Crippen LogP contribution >= 0.6 is 0 Å². The summed E-state index contributed by atoms with van der Waals surface area (Å²) < 4.78 is 27.8. The second-order valence-electron chi connectivity index (χ2n) is 2.83. The van der Waals surface area contributed by atoms with Gasteiger partial charge in [-0.1, -0.05) is 6.07 Å². The fourth-order valence-corrected chi connectivity index (χ4v) is 2.11. The molecule has 0 aliphatic carbocycles. The van der Waals surface area contributed by atoms with Gasteiger partial charge in [0.25, 0.3) is 0 Å². The molecule has 1 rings (SSSR count). The van der Waals surface area contributed by atoms with Crippen molar-refractivity contribution in [3.63, 3.8) is 0 Å². The lowest BCUT2D eigenvalue weighted by Gasteiger charge is -2.03. The highest BCUT2D eigenvalue weighted by molar-refractivity contribution is 7.92. The molecule has 0 bridgehead atoms.